The van der Waals surface area contributed by atoms with Gasteiger partial charge in [-0.3, -0.25) is 0 Å². The Hall–Kier alpha value is -0.390. The molecule has 2 rings (SSSR count). The van der Waals surface area contributed by atoms with Gasteiger partial charge in [0.15, 0.2) is 5.82 Å². The molecule has 0 saturated heterocycles. The monoisotopic (exact) mass is 363 g/mol. The molecule has 0 amide bonds. The number of halogens is 3. The van der Waals surface area contributed by atoms with E-state index in [-0.39, 0.29) is 0 Å². The molecule has 1 aromatic heterocycles. The van der Waals surface area contributed by atoms with E-state index >= 15 is 0 Å². The molecule has 0 saturated carbocycles. The summed E-state index contributed by atoms with van der Waals surface area (Å²) in [6.45, 7) is 0. The van der Waals surface area contributed by atoms with Gasteiger partial charge in [0.2, 0.25) is 0 Å². The molecule has 0 spiro atoms. The Labute approximate surface area is 115 Å². The summed E-state index contributed by atoms with van der Waals surface area (Å²) in [5.74, 6) is 1.90. The van der Waals surface area contributed by atoms with Crippen LogP contribution in [-0.4, -0.2) is 14.8 Å². The molecule has 0 aliphatic heterocycles. The minimum Gasteiger partial charge on any atom is -0.313 e. The number of rotatable bonds is 2. The molecule has 3 nitrogen and oxygen atoms in total. The Morgan fingerprint density at radius 1 is 1.31 bits per heavy atom. The standard InChI is InChI=1S/C10H8Br2ClN3/c1-16-9(5-13)14-15-10(16)7-4-6(11)2-3-8(7)12/h2-4H,5H2,1H3. The van der Waals surface area contributed by atoms with Crippen LogP contribution in [0, 0.1) is 0 Å². The van der Waals surface area contributed by atoms with E-state index in [1.54, 1.807) is 0 Å². The fourth-order valence-corrected chi connectivity index (χ4v) is 2.40. The lowest BCUT2D eigenvalue weighted by molar-refractivity contribution is 0.853. The van der Waals surface area contributed by atoms with Gasteiger partial charge in [-0.25, -0.2) is 0 Å². The van der Waals surface area contributed by atoms with Gasteiger partial charge in [0, 0.05) is 21.6 Å². The van der Waals surface area contributed by atoms with E-state index in [4.69, 9.17) is 11.6 Å². The average Bonchev–Trinajstić information content (AvgIpc) is 2.63. The first-order valence-corrected chi connectivity index (χ1v) is 6.65. The highest BCUT2D eigenvalue weighted by molar-refractivity contribution is 9.11. The highest BCUT2D eigenvalue weighted by Crippen LogP contribution is 2.29. The summed E-state index contributed by atoms with van der Waals surface area (Å²) in [6.07, 6.45) is 0. The van der Waals surface area contributed by atoms with Gasteiger partial charge in [0.05, 0.1) is 5.88 Å². The molecule has 6 heteroatoms. The second-order valence-corrected chi connectivity index (χ2v) is 5.29. The zero-order chi connectivity index (χ0) is 11.7. The molecule has 0 unspecified atom stereocenters. The predicted molar refractivity (Wildman–Crippen MR) is 71.4 cm³/mol. The minimum absolute atomic E-state index is 0.356. The van der Waals surface area contributed by atoms with Crippen molar-refractivity contribution in [2.45, 2.75) is 5.88 Å². The molecule has 0 radical (unpaired) electrons. The maximum absolute atomic E-state index is 5.76. The first-order chi connectivity index (χ1) is 7.63. The lowest BCUT2D eigenvalue weighted by Gasteiger charge is -2.05. The maximum Gasteiger partial charge on any atom is 0.164 e. The van der Waals surface area contributed by atoms with Gasteiger partial charge >= 0.3 is 0 Å². The molecule has 1 aromatic carbocycles. The Bertz CT molecular complexity index is 525. The van der Waals surface area contributed by atoms with Crippen molar-refractivity contribution in [1.29, 1.82) is 0 Å². The Balaban J connectivity index is 2.58. The first kappa shape index (κ1) is 12.1. The Morgan fingerprint density at radius 3 is 2.69 bits per heavy atom. The van der Waals surface area contributed by atoms with E-state index < -0.39 is 0 Å². The third kappa shape index (κ3) is 2.17. The van der Waals surface area contributed by atoms with Crippen LogP contribution in [0.1, 0.15) is 5.82 Å². The SMILES string of the molecule is Cn1c(CCl)nnc1-c1cc(Br)ccc1Br. The van der Waals surface area contributed by atoms with Crippen molar-refractivity contribution in [2.75, 3.05) is 0 Å². The molecule has 0 N–H and O–H groups in total. The fourth-order valence-electron chi connectivity index (χ4n) is 1.38. The van der Waals surface area contributed by atoms with Crippen molar-refractivity contribution >= 4 is 43.5 Å². The van der Waals surface area contributed by atoms with Gasteiger partial charge in [-0.15, -0.1) is 21.8 Å². The molecular weight excluding hydrogens is 357 g/mol. The Kier molecular flexibility index (Phi) is 3.66. The topological polar surface area (TPSA) is 30.7 Å². The minimum atomic E-state index is 0.356. The van der Waals surface area contributed by atoms with E-state index in [0.717, 1.165) is 26.2 Å². The van der Waals surface area contributed by atoms with Crippen molar-refractivity contribution in [2.24, 2.45) is 7.05 Å². The van der Waals surface area contributed by atoms with Gasteiger partial charge in [-0.1, -0.05) is 31.9 Å². The van der Waals surface area contributed by atoms with Gasteiger partial charge in [0.25, 0.3) is 0 Å². The van der Waals surface area contributed by atoms with E-state index in [0.29, 0.717) is 5.88 Å². The number of aromatic nitrogens is 3. The maximum atomic E-state index is 5.76. The summed E-state index contributed by atoms with van der Waals surface area (Å²) in [5.41, 5.74) is 0.987. The van der Waals surface area contributed by atoms with Crippen LogP contribution in [0.2, 0.25) is 0 Å². The highest BCUT2D eigenvalue weighted by Gasteiger charge is 2.12. The molecule has 84 valence electrons. The summed E-state index contributed by atoms with van der Waals surface area (Å²) < 4.78 is 3.87. The second-order valence-electron chi connectivity index (χ2n) is 3.26. The van der Waals surface area contributed by atoms with Crippen molar-refractivity contribution in [3.8, 4) is 11.4 Å². The summed E-state index contributed by atoms with van der Waals surface area (Å²) in [4.78, 5) is 0. The number of hydrogen-bond acceptors (Lipinski definition) is 2. The number of hydrogen-bond donors (Lipinski definition) is 0. The third-order valence-corrected chi connectivity index (χ3v) is 3.68. The smallest absolute Gasteiger partial charge is 0.164 e. The highest BCUT2D eigenvalue weighted by atomic mass is 79.9. The van der Waals surface area contributed by atoms with Crippen molar-refractivity contribution in [3.05, 3.63) is 33.0 Å². The second kappa shape index (κ2) is 4.85. The van der Waals surface area contributed by atoms with Crippen LogP contribution in [0.3, 0.4) is 0 Å². The largest absolute Gasteiger partial charge is 0.313 e. The molecule has 0 bridgehead atoms. The van der Waals surface area contributed by atoms with Crippen LogP contribution in [0.5, 0.6) is 0 Å². The molecule has 1 heterocycles. The first-order valence-electron chi connectivity index (χ1n) is 4.53. The van der Waals surface area contributed by atoms with Crippen LogP contribution >= 0.6 is 43.5 Å². The van der Waals surface area contributed by atoms with Gasteiger partial charge in [-0.05, 0) is 18.2 Å². The number of nitrogens with zero attached hydrogens (tertiary/aromatic N) is 3. The molecule has 0 aliphatic carbocycles. The third-order valence-electron chi connectivity index (χ3n) is 2.25. The lowest BCUT2D eigenvalue weighted by atomic mass is 10.2. The molecular formula is C10H8Br2ClN3. The summed E-state index contributed by atoms with van der Waals surface area (Å²) in [6, 6.07) is 5.92. The normalized spacial score (nSPS) is 10.8. The van der Waals surface area contributed by atoms with Crippen LogP contribution in [0.15, 0.2) is 27.1 Å². The van der Waals surface area contributed by atoms with Gasteiger partial charge < -0.3 is 4.57 Å². The van der Waals surface area contributed by atoms with E-state index in [2.05, 4.69) is 42.1 Å². The average molecular weight is 365 g/mol. The molecule has 16 heavy (non-hydrogen) atoms. The quantitative estimate of drug-likeness (QED) is 0.759. The fraction of sp³-hybridized carbons (Fsp3) is 0.200. The van der Waals surface area contributed by atoms with Crippen LogP contribution in [-0.2, 0) is 12.9 Å². The number of alkyl halides is 1. The summed E-state index contributed by atoms with van der Waals surface area (Å²) in [7, 11) is 1.90. The van der Waals surface area contributed by atoms with Crippen LogP contribution < -0.4 is 0 Å². The summed E-state index contributed by atoms with van der Waals surface area (Å²) in [5, 5.41) is 8.16. The predicted octanol–water partition coefficient (Wildman–Crippen LogP) is 3.75. The molecule has 0 aliphatic rings. The summed E-state index contributed by atoms with van der Waals surface area (Å²) >= 11 is 12.7. The van der Waals surface area contributed by atoms with Gasteiger partial charge in [0.1, 0.15) is 5.82 Å². The molecule has 2 aromatic rings. The zero-order valence-electron chi connectivity index (χ0n) is 8.41. The molecule has 0 atom stereocenters. The van der Waals surface area contributed by atoms with Crippen LogP contribution in [0.25, 0.3) is 11.4 Å². The van der Waals surface area contributed by atoms with Crippen molar-refractivity contribution in [3.63, 3.8) is 0 Å². The zero-order valence-corrected chi connectivity index (χ0v) is 12.3. The van der Waals surface area contributed by atoms with Crippen molar-refractivity contribution in [1.82, 2.24) is 14.8 Å². The van der Waals surface area contributed by atoms with Gasteiger partial charge in [-0.2, -0.15) is 0 Å². The number of benzene rings is 1. The van der Waals surface area contributed by atoms with E-state index in [1.165, 1.54) is 0 Å². The lowest BCUT2D eigenvalue weighted by Crippen LogP contribution is -1.97. The van der Waals surface area contributed by atoms with Crippen molar-refractivity contribution < 1.29 is 0 Å². The Morgan fingerprint density at radius 2 is 2.06 bits per heavy atom. The van der Waals surface area contributed by atoms with Crippen LogP contribution in [0.4, 0.5) is 0 Å². The molecule has 0 fully saturated rings. The van der Waals surface area contributed by atoms with E-state index in [1.807, 2.05) is 29.8 Å². The van der Waals surface area contributed by atoms with E-state index in [9.17, 15) is 0 Å².